The molecule has 178 valence electrons. The fraction of sp³-hybridized carbons (Fsp3) is 0.176. The van der Waals surface area contributed by atoms with Gasteiger partial charge in [0.1, 0.15) is 0 Å². The number of hydrogen-bond acceptors (Lipinski definition) is 0. The maximum Gasteiger partial charge on any atom is -0.0238 e. The van der Waals surface area contributed by atoms with Crippen molar-refractivity contribution in [1.29, 1.82) is 0 Å². The van der Waals surface area contributed by atoms with Gasteiger partial charge in [0.05, 0.1) is 0 Å². The van der Waals surface area contributed by atoms with Crippen molar-refractivity contribution in [2.24, 2.45) is 0 Å². The molecular formula is C34H33PTi. The smallest absolute Gasteiger partial charge is 0.0238 e. The van der Waals surface area contributed by atoms with E-state index in [4.69, 9.17) is 0 Å². The van der Waals surface area contributed by atoms with Crippen molar-refractivity contribution < 1.29 is 19.2 Å². The molecule has 0 nitrogen and oxygen atoms in total. The van der Waals surface area contributed by atoms with Crippen LogP contribution in [0.15, 0.2) is 121 Å². The fourth-order valence-corrected chi connectivity index (χ4v) is 10.3. The van der Waals surface area contributed by atoms with Crippen molar-refractivity contribution in [2.75, 3.05) is 13.3 Å². The Kier molecular flexibility index (Phi) is 8.50. The first-order valence-electron chi connectivity index (χ1n) is 12.8. The molecule has 0 spiro atoms. The van der Waals surface area contributed by atoms with E-state index < -0.39 is 0 Å². The second-order valence-electron chi connectivity index (χ2n) is 9.63. The molecule has 2 unspecified atom stereocenters. The summed E-state index contributed by atoms with van der Waals surface area (Å²) in [4.78, 5) is 0. The zero-order chi connectivity index (χ0) is 24.7. The first kappa shape index (κ1) is 25.2. The summed E-state index contributed by atoms with van der Waals surface area (Å²) in [5.74, 6) is 0. The van der Waals surface area contributed by atoms with Gasteiger partial charge in [-0.05, 0) is 24.0 Å². The molecule has 0 bridgehead atoms. The molecule has 2 aliphatic rings. The number of allylic oxidation sites excluding steroid dienone is 2. The molecule has 0 amide bonds. The molecule has 4 aromatic rings. The average molecular weight is 520 g/mol. The second-order valence-corrected chi connectivity index (χ2v) is 14.3. The fourth-order valence-electron chi connectivity index (χ4n) is 5.02. The van der Waals surface area contributed by atoms with Gasteiger partial charge in [0, 0.05) is 0 Å². The summed E-state index contributed by atoms with van der Waals surface area (Å²) >= 11 is -0.134. The van der Waals surface area contributed by atoms with E-state index in [0.29, 0.717) is 4.22 Å². The molecule has 2 atom stereocenters. The van der Waals surface area contributed by atoms with Crippen molar-refractivity contribution in [3.05, 3.63) is 154 Å². The number of rotatable bonds is 6. The van der Waals surface area contributed by atoms with E-state index in [2.05, 4.69) is 141 Å². The van der Waals surface area contributed by atoms with E-state index in [1.165, 1.54) is 22.3 Å². The van der Waals surface area contributed by atoms with Gasteiger partial charge in [0.25, 0.3) is 0 Å². The Balaban J connectivity index is 0.000000165. The van der Waals surface area contributed by atoms with Crippen molar-refractivity contribution >= 4 is 20.1 Å². The Morgan fingerprint density at radius 3 is 1.75 bits per heavy atom. The van der Waals surface area contributed by atoms with E-state index in [1.54, 1.807) is 16.4 Å². The van der Waals surface area contributed by atoms with Gasteiger partial charge in [-0.25, -0.2) is 0 Å². The predicted octanol–water partition coefficient (Wildman–Crippen LogP) is 9.15. The third-order valence-electron chi connectivity index (χ3n) is 6.96. The van der Waals surface area contributed by atoms with Crippen LogP contribution in [0.2, 0.25) is 0 Å². The van der Waals surface area contributed by atoms with Gasteiger partial charge in [0.2, 0.25) is 0 Å². The van der Waals surface area contributed by atoms with Crippen molar-refractivity contribution in [3.63, 3.8) is 0 Å². The summed E-state index contributed by atoms with van der Waals surface area (Å²) in [6.07, 6.45) is 9.53. The van der Waals surface area contributed by atoms with E-state index in [0.717, 1.165) is 17.1 Å². The molecule has 0 aromatic heterocycles. The monoisotopic (exact) mass is 520 g/mol. The Hall–Kier alpha value is -2.50. The third kappa shape index (κ3) is 6.07. The van der Waals surface area contributed by atoms with Crippen LogP contribution in [-0.4, -0.2) is 13.3 Å². The molecule has 0 heterocycles. The molecule has 0 N–H and O–H groups in total. The predicted molar refractivity (Wildman–Crippen MR) is 154 cm³/mol. The summed E-state index contributed by atoms with van der Waals surface area (Å²) in [7, 11) is -0.00649. The summed E-state index contributed by atoms with van der Waals surface area (Å²) < 4.78 is 1.41. The quantitative estimate of drug-likeness (QED) is 0.176. The molecule has 2 aliphatic carbocycles. The number of hydrogen-bond donors (Lipinski definition) is 0. The van der Waals surface area contributed by atoms with Crippen LogP contribution in [-0.2, 0) is 32.0 Å². The molecule has 0 fully saturated rings. The summed E-state index contributed by atoms with van der Waals surface area (Å²) in [5.41, 5.74) is 8.88. The van der Waals surface area contributed by atoms with Crippen LogP contribution >= 0.6 is 7.92 Å². The van der Waals surface area contributed by atoms with Crippen LogP contribution in [0.4, 0.5) is 0 Å². The van der Waals surface area contributed by atoms with Gasteiger partial charge in [-0.15, -0.1) is 0 Å². The molecule has 0 aliphatic heterocycles. The number of benzene rings is 4. The van der Waals surface area contributed by atoms with Crippen LogP contribution in [0.3, 0.4) is 0 Å². The minimum absolute atomic E-state index is 0.00649. The minimum Gasteiger partial charge on any atom is -0.0622 e. The summed E-state index contributed by atoms with van der Waals surface area (Å²) in [6, 6.07) is 39.2. The Labute approximate surface area is 226 Å². The molecule has 4 aromatic carbocycles. The van der Waals surface area contributed by atoms with Gasteiger partial charge >= 0.3 is 143 Å². The second kappa shape index (κ2) is 12.2. The average Bonchev–Trinajstić information content (AvgIpc) is 3.51. The van der Waals surface area contributed by atoms with Gasteiger partial charge in [-0.3, -0.25) is 0 Å². The molecular weight excluding hydrogens is 487 g/mol. The van der Waals surface area contributed by atoms with E-state index in [-0.39, 0.29) is 27.1 Å². The minimum atomic E-state index is -0.134. The Morgan fingerprint density at radius 2 is 1.14 bits per heavy atom. The van der Waals surface area contributed by atoms with Gasteiger partial charge < -0.3 is 0 Å². The topological polar surface area (TPSA) is 0 Å². The van der Waals surface area contributed by atoms with Crippen LogP contribution in [0.25, 0.3) is 12.2 Å². The molecule has 2 heteroatoms. The first-order valence-corrected chi connectivity index (χ1v) is 16.8. The molecule has 0 saturated carbocycles. The Bertz CT molecular complexity index is 1300. The summed E-state index contributed by atoms with van der Waals surface area (Å²) in [6.45, 7) is 4.81. The Morgan fingerprint density at radius 1 is 0.611 bits per heavy atom. The van der Waals surface area contributed by atoms with Crippen molar-refractivity contribution in [3.8, 4) is 0 Å². The largest absolute Gasteiger partial charge is 0.0622 e. The molecule has 6 rings (SSSR count). The van der Waals surface area contributed by atoms with Crippen LogP contribution in [0, 0.1) is 0 Å². The number of aryl methyl sites for hydroxylation is 2. The molecule has 36 heavy (non-hydrogen) atoms. The first-order chi connectivity index (χ1) is 17.7. The van der Waals surface area contributed by atoms with Gasteiger partial charge in [-0.1, -0.05) is 60.7 Å². The molecule has 0 radical (unpaired) electrons. The van der Waals surface area contributed by atoms with E-state index in [9.17, 15) is 0 Å². The van der Waals surface area contributed by atoms with E-state index in [1.807, 2.05) is 0 Å². The van der Waals surface area contributed by atoms with Crippen molar-refractivity contribution in [2.45, 2.75) is 21.3 Å². The zero-order valence-corrected chi connectivity index (χ0v) is 23.6. The van der Waals surface area contributed by atoms with E-state index >= 15 is 0 Å². The number of fused-ring (bicyclic) bond motifs is 2. The maximum absolute atomic E-state index is 2.49. The normalized spacial score (nSPS) is 17.1. The van der Waals surface area contributed by atoms with Crippen LogP contribution < -0.4 is 0 Å². The maximum atomic E-state index is 2.49. The third-order valence-corrected chi connectivity index (χ3v) is 11.6. The standard InChI is InChI=1S/C14H14.C11H12P.C9H7.Ti/c1-3-7-13(8-4-1)11-12-14-9-5-2-6-10-14;1-12(2)11-7-9-5-3-4-6-10(9)8-11;1-2-5-9-7-3-6-8(9)4-1;/h1-10H,11-12H2;3-8H,1-2H3;1-7H;. The zero-order valence-electron chi connectivity index (χ0n) is 21.1. The molecule has 0 saturated heterocycles. The van der Waals surface area contributed by atoms with Crippen LogP contribution in [0.1, 0.15) is 41.8 Å². The SMILES string of the molecule is CP(C)C1=Cc2ccccc2[CH]1[Ti][CH]1C=Cc2ccccc21.c1ccc(CCc2ccccc2)cc1. The van der Waals surface area contributed by atoms with Crippen LogP contribution in [0.5, 0.6) is 0 Å². The van der Waals surface area contributed by atoms with Crippen molar-refractivity contribution in [1.82, 2.24) is 0 Å². The van der Waals surface area contributed by atoms with Gasteiger partial charge in [0.15, 0.2) is 0 Å². The summed E-state index contributed by atoms with van der Waals surface area (Å²) in [5, 5.41) is 1.72. The van der Waals surface area contributed by atoms with Gasteiger partial charge in [-0.2, -0.15) is 0 Å².